The summed E-state index contributed by atoms with van der Waals surface area (Å²) in [5.74, 6) is 0. The number of hydrogen-bond acceptors (Lipinski definition) is 4. The summed E-state index contributed by atoms with van der Waals surface area (Å²) in [6, 6.07) is 4.93. The van der Waals surface area contributed by atoms with Gasteiger partial charge >= 0.3 is 0 Å². The van der Waals surface area contributed by atoms with Gasteiger partial charge in [-0.25, -0.2) is 13.1 Å². The summed E-state index contributed by atoms with van der Waals surface area (Å²) < 4.78 is 25.7. The lowest BCUT2D eigenvalue weighted by molar-refractivity contribution is 0.588. The van der Waals surface area contributed by atoms with Crippen LogP contribution in [0.5, 0.6) is 0 Å². The van der Waals surface area contributed by atoms with Crippen LogP contribution in [0.2, 0.25) is 0 Å². The topological polar surface area (TPSA) is 84.2 Å². The van der Waals surface area contributed by atoms with Crippen LogP contribution in [0, 0.1) is 0 Å². The summed E-state index contributed by atoms with van der Waals surface area (Å²) in [5, 5.41) is 3.27. The first-order valence-electron chi connectivity index (χ1n) is 6.78. The van der Waals surface area contributed by atoms with E-state index < -0.39 is 10.0 Å². The number of anilines is 2. The van der Waals surface area contributed by atoms with E-state index in [1.54, 1.807) is 12.1 Å². The molecule has 0 amide bonds. The largest absolute Gasteiger partial charge is 0.398 e. The molecule has 2 rings (SSSR count). The molecule has 1 aromatic rings. The lowest BCUT2D eigenvalue weighted by atomic mass is 10.1. The number of sulfonamides is 1. The van der Waals surface area contributed by atoms with E-state index in [0.717, 1.165) is 18.7 Å². The molecule has 0 saturated heterocycles. The lowest BCUT2D eigenvalue weighted by Crippen LogP contribution is -2.20. The quantitative estimate of drug-likeness (QED) is 0.554. The minimum atomic E-state index is -3.49. The molecule has 6 heteroatoms. The predicted octanol–water partition coefficient (Wildman–Crippen LogP) is 2.09. The summed E-state index contributed by atoms with van der Waals surface area (Å²) in [7, 11) is -2.12. The van der Waals surface area contributed by atoms with Crippen molar-refractivity contribution < 1.29 is 8.42 Å². The van der Waals surface area contributed by atoms with Gasteiger partial charge in [0.15, 0.2) is 0 Å². The number of nitrogens with two attached hydrogens (primary N) is 1. The van der Waals surface area contributed by atoms with Crippen LogP contribution in [-0.2, 0) is 10.0 Å². The molecule has 1 aliphatic rings. The van der Waals surface area contributed by atoms with Crippen molar-refractivity contribution in [2.75, 3.05) is 24.6 Å². The molecule has 5 nitrogen and oxygen atoms in total. The third kappa shape index (κ3) is 3.52. The van der Waals surface area contributed by atoms with Gasteiger partial charge in [0.05, 0.1) is 5.69 Å². The van der Waals surface area contributed by atoms with Crippen molar-refractivity contribution in [2.45, 2.75) is 30.6 Å². The van der Waals surface area contributed by atoms with Crippen LogP contribution in [-0.4, -0.2) is 22.0 Å². The Hall–Kier alpha value is -1.53. The molecule has 0 aromatic heterocycles. The van der Waals surface area contributed by atoms with Crippen LogP contribution in [0.25, 0.3) is 0 Å². The van der Waals surface area contributed by atoms with Gasteiger partial charge in [-0.3, -0.25) is 0 Å². The molecule has 4 N–H and O–H groups in total. The first kappa shape index (κ1) is 14.9. The van der Waals surface area contributed by atoms with Crippen LogP contribution in [0.3, 0.4) is 0 Å². The van der Waals surface area contributed by atoms with Crippen LogP contribution in [0.4, 0.5) is 11.4 Å². The van der Waals surface area contributed by atoms with E-state index >= 15 is 0 Å². The first-order valence-corrected chi connectivity index (χ1v) is 8.26. The number of nitrogens with one attached hydrogen (secondary N) is 2. The predicted molar refractivity (Wildman–Crippen MR) is 82.1 cm³/mol. The van der Waals surface area contributed by atoms with Crippen LogP contribution in [0.15, 0.2) is 34.7 Å². The molecule has 1 aromatic carbocycles. The van der Waals surface area contributed by atoms with Crippen molar-refractivity contribution >= 4 is 21.4 Å². The Morgan fingerprint density at radius 1 is 1.35 bits per heavy atom. The maximum Gasteiger partial charge on any atom is 0.242 e. The van der Waals surface area contributed by atoms with Crippen molar-refractivity contribution in [2.24, 2.45) is 0 Å². The minimum absolute atomic E-state index is 0.115. The molecule has 20 heavy (non-hydrogen) atoms. The molecule has 0 atom stereocenters. The van der Waals surface area contributed by atoms with Gasteiger partial charge < -0.3 is 11.1 Å². The maximum absolute atomic E-state index is 11.7. The van der Waals surface area contributed by atoms with Gasteiger partial charge in [0, 0.05) is 12.2 Å². The highest BCUT2D eigenvalue weighted by molar-refractivity contribution is 7.89. The average molecular weight is 295 g/mol. The minimum Gasteiger partial charge on any atom is -0.398 e. The highest BCUT2D eigenvalue weighted by Gasteiger charge is 2.15. The molecule has 0 spiro atoms. The number of benzene rings is 1. The van der Waals surface area contributed by atoms with Crippen molar-refractivity contribution in [1.29, 1.82) is 0 Å². The number of allylic oxidation sites excluding steroid dienone is 1. The Kier molecular flexibility index (Phi) is 4.67. The average Bonchev–Trinajstić information content (AvgIpc) is 2.92. The van der Waals surface area contributed by atoms with E-state index in [9.17, 15) is 8.42 Å². The summed E-state index contributed by atoms with van der Waals surface area (Å²) in [4.78, 5) is 0.115. The van der Waals surface area contributed by atoms with Gasteiger partial charge in [-0.1, -0.05) is 11.6 Å². The van der Waals surface area contributed by atoms with Gasteiger partial charge in [-0.15, -0.1) is 0 Å². The summed E-state index contributed by atoms with van der Waals surface area (Å²) in [5.41, 5.74) is 8.40. The second-order valence-electron chi connectivity index (χ2n) is 4.89. The highest BCUT2D eigenvalue weighted by Crippen LogP contribution is 2.23. The standard InChI is InChI=1S/C14H21N3O2S/c1-16-20(18,19)14-7-6-12(10-13(14)15)17-9-8-11-4-2-3-5-11/h4,6-7,10,16-17H,2-3,5,8-9,15H2,1H3. The highest BCUT2D eigenvalue weighted by atomic mass is 32.2. The van der Waals surface area contributed by atoms with Crippen molar-refractivity contribution in [3.05, 3.63) is 29.8 Å². The van der Waals surface area contributed by atoms with Crippen molar-refractivity contribution in [3.63, 3.8) is 0 Å². The second-order valence-corrected chi connectivity index (χ2v) is 6.75. The van der Waals surface area contributed by atoms with E-state index in [1.165, 1.54) is 37.9 Å². The van der Waals surface area contributed by atoms with E-state index in [1.807, 2.05) is 0 Å². The fourth-order valence-corrected chi connectivity index (χ4v) is 3.18. The molecular weight excluding hydrogens is 274 g/mol. The molecule has 0 fully saturated rings. The third-order valence-electron chi connectivity index (χ3n) is 3.48. The molecule has 0 bridgehead atoms. The number of nitrogen functional groups attached to an aromatic ring is 1. The summed E-state index contributed by atoms with van der Waals surface area (Å²) in [6.45, 7) is 0.837. The Bertz CT molecular complexity index is 609. The Balaban J connectivity index is 1.98. The second kappa shape index (κ2) is 6.28. The van der Waals surface area contributed by atoms with E-state index in [4.69, 9.17) is 5.73 Å². The van der Waals surface area contributed by atoms with Gasteiger partial charge in [0.1, 0.15) is 4.90 Å². The molecule has 0 heterocycles. The zero-order valence-corrected chi connectivity index (χ0v) is 12.5. The van der Waals surface area contributed by atoms with Crippen LogP contribution >= 0.6 is 0 Å². The van der Waals surface area contributed by atoms with Crippen LogP contribution in [0.1, 0.15) is 25.7 Å². The Labute approximate surface area is 120 Å². The van der Waals surface area contributed by atoms with E-state index in [0.29, 0.717) is 0 Å². The molecule has 0 saturated carbocycles. The van der Waals surface area contributed by atoms with Gasteiger partial charge in [0.25, 0.3) is 0 Å². The molecular formula is C14H21N3O2S. The summed E-state index contributed by atoms with van der Waals surface area (Å²) >= 11 is 0. The molecule has 0 radical (unpaired) electrons. The van der Waals surface area contributed by atoms with Crippen LogP contribution < -0.4 is 15.8 Å². The molecule has 1 aliphatic carbocycles. The lowest BCUT2D eigenvalue weighted by Gasteiger charge is -2.11. The smallest absolute Gasteiger partial charge is 0.242 e. The molecule has 0 aliphatic heterocycles. The normalized spacial score (nSPS) is 15.2. The molecule has 0 unspecified atom stereocenters. The molecule has 110 valence electrons. The zero-order chi connectivity index (χ0) is 14.6. The maximum atomic E-state index is 11.7. The Morgan fingerprint density at radius 2 is 2.15 bits per heavy atom. The van der Waals surface area contributed by atoms with Crippen molar-refractivity contribution in [1.82, 2.24) is 4.72 Å². The van der Waals surface area contributed by atoms with Gasteiger partial charge in [-0.2, -0.15) is 0 Å². The number of hydrogen-bond donors (Lipinski definition) is 3. The van der Waals surface area contributed by atoms with Crippen molar-refractivity contribution in [3.8, 4) is 0 Å². The number of rotatable bonds is 6. The van der Waals surface area contributed by atoms with E-state index in [2.05, 4.69) is 16.1 Å². The fraction of sp³-hybridized carbons (Fsp3) is 0.429. The van der Waals surface area contributed by atoms with Gasteiger partial charge in [0.2, 0.25) is 10.0 Å². The SMILES string of the molecule is CNS(=O)(=O)c1ccc(NCCC2=CCCC2)cc1N. The Morgan fingerprint density at radius 3 is 2.75 bits per heavy atom. The fourth-order valence-electron chi connectivity index (χ4n) is 2.34. The first-order chi connectivity index (χ1) is 9.53. The van der Waals surface area contributed by atoms with E-state index in [-0.39, 0.29) is 10.6 Å². The summed E-state index contributed by atoms with van der Waals surface area (Å²) in [6.07, 6.45) is 6.98. The third-order valence-corrected chi connectivity index (χ3v) is 4.97. The van der Waals surface area contributed by atoms with Gasteiger partial charge in [-0.05, 0) is 50.9 Å². The zero-order valence-electron chi connectivity index (χ0n) is 11.6. The monoisotopic (exact) mass is 295 g/mol.